The molecule has 0 saturated heterocycles. The molecule has 0 atom stereocenters. The molecule has 0 unspecified atom stereocenters. The highest BCUT2D eigenvalue weighted by Crippen LogP contribution is 2.29. The van der Waals surface area contributed by atoms with Crippen LogP contribution >= 0.6 is 11.6 Å². The summed E-state index contributed by atoms with van der Waals surface area (Å²) >= 11 is 6.03. The maximum absolute atomic E-state index is 13.9. The van der Waals surface area contributed by atoms with E-state index in [1.54, 1.807) is 42.5 Å². The van der Waals surface area contributed by atoms with Crippen LogP contribution in [-0.2, 0) is 6.61 Å². The summed E-state index contributed by atoms with van der Waals surface area (Å²) < 4.78 is 25.1. The van der Waals surface area contributed by atoms with Crippen LogP contribution in [0, 0.1) is 5.82 Å². The van der Waals surface area contributed by atoms with Gasteiger partial charge in [0.1, 0.15) is 30.0 Å². The van der Waals surface area contributed by atoms with Gasteiger partial charge < -0.3 is 9.15 Å². The number of hydrogen-bond donors (Lipinski definition) is 0. The van der Waals surface area contributed by atoms with E-state index in [9.17, 15) is 9.18 Å². The lowest BCUT2D eigenvalue weighted by Gasteiger charge is -2.09. The van der Waals surface area contributed by atoms with E-state index in [4.69, 9.17) is 20.8 Å². The van der Waals surface area contributed by atoms with E-state index in [2.05, 4.69) is 0 Å². The van der Waals surface area contributed by atoms with E-state index in [0.717, 1.165) is 0 Å². The maximum atomic E-state index is 13.9. The minimum Gasteiger partial charge on any atom is -0.489 e. The van der Waals surface area contributed by atoms with Gasteiger partial charge in [-0.1, -0.05) is 48.0 Å². The molecule has 0 aliphatic carbocycles. The first-order valence-electron chi connectivity index (χ1n) is 8.30. The number of benzene rings is 3. The first-order valence-corrected chi connectivity index (χ1v) is 8.68. The number of ketones is 1. The van der Waals surface area contributed by atoms with Gasteiger partial charge in [0.05, 0.1) is 10.6 Å². The Morgan fingerprint density at radius 1 is 1.04 bits per heavy atom. The number of fused-ring (bicyclic) bond motifs is 1. The topological polar surface area (TPSA) is 39.4 Å². The summed E-state index contributed by atoms with van der Waals surface area (Å²) in [6.07, 6.45) is 1.44. The van der Waals surface area contributed by atoms with Crippen molar-refractivity contribution in [2.75, 3.05) is 0 Å². The fraction of sp³-hybridized carbons (Fsp3) is 0.0455. The summed E-state index contributed by atoms with van der Waals surface area (Å²) in [6.45, 7) is -0.0170. The van der Waals surface area contributed by atoms with Crippen LogP contribution in [0.4, 0.5) is 4.39 Å². The molecule has 3 aromatic carbocycles. The Morgan fingerprint density at radius 2 is 1.85 bits per heavy atom. The fourth-order valence-corrected chi connectivity index (χ4v) is 3.06. The van der Waals surface area contributed by atoms with Crippen molar-refractivity contribution in [2.24, 2.45) is 0 Å². The van der Waals surface area contributed by atoms with Crippen molar-refractivity contribution in [3.8, 4) is 5.75 Å². The van der Waals surface area contributed by atoms with Gasteiger partial charge in [-0.25, -0.2) is 4.39 Å². The van der Waals surface area contributed by atoms with Crippen molar-refractivity contribution in [2.45, 2.75) is 6.61 Å². The lowest BCUT2D eigenvalue weighted by atomic mass is 10.0. The summed E-state index contributed by atoms with van der Waals surface area (Å²) in [5.41, 5.74) is 1.88. The van der Waals surface area contributed by atoms with Crippen LogP contribution in [0.3, 0.4) is 0 Å². The molecule has 0 radical (unpaired) electrons. The van der Waals surface area contributed by atoms with Crippen LogP contribution in [0.2, 0.25) is 5.02 Å². The van der Waals surface area contributed by atoms with Gasteiger partial charge in [0, 0.05) is 16.5 Å². The van der Waals surface area contributed by atoms with Crippen LogP contribution < -0.4 is 4.74 Å². The van der Waals surface area contributed by atoms with Gasteiger partial charge in [-0.3, -0.25) is 4.79 Å². The molecule has 134 valence electrons. The highest BCUT2D eigenvalue weighted by molar-refractivity contribution is 6.31. The van der Waals surface area contributed by atoms with Crippen LogP contribution in [0.15, 0.2) is 77.4 Å². The minimum atomic E-state index is -0.424. The molecule has 0 fully saturated rings. The lowest BCUT2D eigenvalue weighted by Crippen LogP contribution is -2.01. The average Bonchev–Trinajstić information content (AvgIpc) is 3.11. The summed E-state index contributed by atoms with van der Waals surface area (Å²) in [5.74, 6) is -0.0687. The van der Waals surface area contributed by atoms with E-state index >= 15 is 0 Å². The normalized spacial score (nSPS) is 10.9. The van der Waals surface area contributed by atoms with Crippen LogP contribution in [-0.4, -0.2) is 5.78 Å². The largest absolute Gasteiger partial charge is 0.489 e. The fourth-order valence-electron chi connectivity index (χ4n) is 2.84. The van der Waals surface area contributed by atoms with E-state index in [0.29, 0.717) is 32.9 Å². The van der Waals surface area contributed by atoms with E-state index in [1.165, 1.54) is 12.3 Å². The number of hydrogen-bond acceptors (Lipinski definition) is 3. The third-order valence-electron chi connectivity index (χ3n) is 4.27. The smallest absolute Gasteiger partial charge is 0.196 e. The van der Waals surface area contributed by atoms with Crippen LogP contribution in [0.1, 0.15) is 21.5 Å². The van der Waals surface area contributed by atoms with E-state index < -0.39 is 5.82 Å². The highest BCUT2D eigenvalue weighted by Gasteiger charge is 2.16. The minimum absolute atomic E-state index is 0.0170. The Hall–Kier alpha value is -3.11. The standard InChI is InChI=1S/C22H14ClFO3/c23-19-7-4-8-20(24)18(19)13-26-15-9-10-21-16(11-15)17(12-27-21)22(25)14-5-2-1-3-6-14/h1-12H,13H2. The molecule has 0 aliphatic heterocycles. The van der Waals surface area contributed by atoms with Gasteiger partial charge >= 0.3 is 0 Å². The summed E-state index contributed by atoms with van der Waals surface area (Å²) in [7, 11) is 0. The van der Waals surface area contributed by atoms with Crippen molar-refractivity contribution in [1.82, 2.24) is 0 Å². The Bertz CT molecular complexity index is 1100. The van der Waals surface area contributed by atoms with Gasteiger partial charge in [0.15, 0.2) is 5.78 Å². The van der Waals surface area contributed by atoms with E-state index in [-0.39, 0.29) is 18.0 Å². The highest BCUT2D eigenvalue weighted by atomic mass is 35.5. The van der Waals surface area contributed by atoms with Crippen molar-refractivity contribution >= 4 is 28.4 Å². The molecule has 4 aromatic rings. The SMILES string of the molecule is O=C(c1ccccc1)c1coc2ccc(OCc3c(F)cccc3Cl)cc12. The molecule has 1 aromatic heterocycles. The molecule has 0 amide bonds. The zero-order valence-electron chi connectivity index (χ0n) is 14.1. The molecule has 4 rings (SSSR count). The van der Waals surface area contributed by atoms with Crippen LogP contribution in [0.25, 0.3) is 11.0 Å². The quantitative estimate of drug-likeness (QED) is 0.396. The number of rotatable bonds is 5. The van der Waals surface area contributed by atoms with Gasteiger partial charge in [0.25, 0.3) is 0 Å². The second-order valence-corrected chi connectivity index (χ2v) is 6.40. The lowest BCUT2D eigenvalue weighted by molar-refractivity contribution is 0.103. The van der Waals surface area contributed by atoms with Gasteiger partial charge in [-0.05, 0) is 30.3 Å². The zero-order chi connectivity index (χ0) is 18.8. The second-order valence-electron chi connectivity index (χ2n) is 5.99. The maximum Gasteiger partial charge on any atom is 0.196 e. The molecule has 0 bridgehead atoms. The molecular weight excluding hydrogens is 367 g/mol. The summed E-state index contributed by atoms with van der Waals surface area (Å²) in [6, 6.07) is 18.6. The van der Waals surface area contributed by atoms with Crippen molar-refractivity contribution in [1.29, 1.82) is 0 Å². The Labute approximate surface area is 159 Å². The third-order valence-corrected chi connectivity index (χ3v) is 4.62. The van der Waals surface area contributed by atoms with Gasteiger partial charge in [-0.15, -0.1) is 0 Å². The summed E-state index contributed by atoms with van der Waals surface area (Å²) in [4.78, 5) is 12.7. The predicted molar refractivity (Wildman–Crippen MR) is 102 cm³/mol. The molecule has 5 heteroatoms. The zero-order valence-corrected chi connectivity index (χ0v) is 14.9. The first kappa shape index (κ1) is 17.3. The molecule has 3 nitrogen and oxygen atoms in total. The monoisotopic (exact) mass is 380 g/mol. The molecule has 0 spiro atoms. The van der Waals surface area contributed by atoms with Crippen LogP contribution in [0.5, 0.6) is 5.75 Å². The molecule has 27 heavy (non-hydrogen) atoms. The third kappa shape index (κ3) is 3.44. The van der Waals surface area contributed by atoms with Crippen molar-refractivity contribution in [3.05, 3.63) is 101 Å². The Balaban J connectivity index is 1.63. The van der Waals surface area contributed by atoms with Gasteiger partial charge in [0.2, 0.25) is 0 Å². The van der Waals surface area contributed by atoms with Gasteiger partial charge in [-0.2, -0.15) is 0 Å². The van der Waals surface area contributed by atoms with Crippen molar-refractivity contribution < 1.29 is 18.3 Å². The number of carbonyl (C=O) groups is 1. The Morgan fingerprint density at radius 3 is 2.63 bits per heavy atom. The first-order chi connectivity index (χ1) is 13.1. The molecular formula is C22H14ClFO3. The predicted octanol–water partition coefficient (Wildman–Crippen LogP) is 6.04. The molecule has 0 aliphatic rings. The number of furan rings is 1. The second kappa shape index (κ2) is 7.25. The van der Waals surface area contributed by atoms with Crippen molar-refractivity contribution in [3.63, 3.8) is 0 Å². The number of ether oxygens (including phenoxy) is 1. The molecule has 0 N–H and O–H groups in total. The molecule has 1 heterocycles. The summed E-state index contributed by atoms with van der Waals surface area (Å²) in [5, 5.41) is 0.945. The number of carbonyl (C=O) groups excluding carboxylic acids is 1. The average molecular weight is 381 g/mol. The van der Waals surface area contributed by atoms with E-state index in [1.807, 2.05) is 18.2 Å². The molecule has 0 saturated carbocycles. The Kier molecular flexibility index (Phi) is 4.65. The number of halogens is 2.